The lowest BCUT2D eigenvalue weighted by atomic mass is 10.0. The summed E-state index contributed by atoms with van der Waals surface area (Å²) in [4.78, 5) is 12.9. The lowest BCUT2D eigenvalue weighted by Gasteiger charge is -2.21. The number of tetrazole rings is 1. The second-order valence-corrected chi connectivity index (χ2v) is 8.42. The van der Waals surface area contributed by atoms with Crippen LogP contribution in [0.3, 0.4) is 0 Å². The number of benzene rings is 2. The molecule has 1 aromatic heterocycles. The summed E-state index contributed by atoms with van der Waals surface area (Å²) in [6, 6.07) is 16.1. The third-order valence-electron chi connectivity index (χ3n) is 4.99. The van der Waals surface area contributed by atoms with Crippen molar-refractivity contribution in [2.24, 2.45) is 0 Å². The van der Waals surface area contributed by atoms with Gasteiger partial charge in [-0.2, -0.15) is 4.68 Å². The maximum absolute atomic E-state index is 12.9. The molecule has 1 heterocycles. The lowest BCUT2D eigenvalue weighted by molar-refractivity contribution is -0.121. The Morgan fingerprint density at radius 1 is 1.14 bits per heavy atom. The Kier molecular flexibility index (Phi) is 7.04. The summed E-state index contributed by atoms with van der Waals surface area (Å²) in [5.74, 6) is -0.0205. The van der Waals surface area contributed by atoms with Gasteiger partial charge in [0.1, 0.15) is 0 Å². The van der Waals surface area contributed by atoms with Crippen molar-refractivity contribution in [3.8, 4) is 5.69 Å². The molecule has 7 heteroatoms. The van der Waals surface area contributed by atoms with Crippen LogP contribution < -0.4 is 5.32 Å². The van der Waals surface area contributed by atoms with Gasteiger partial charge in [0.15, 0.2) is 0 Å². The van der Waals surface area contributed by atoms with E-state index in [9.17, 15) is 4.79 Å². The van der Waals surface area contributed by atoms with Crippen LogP contribution in [0, 0.1) is 13.8 Å². The third kappa shape index (κ3) is 5.03. The molecule has 1 amide bonds. The van der Waals surface area contributed by atoms with Gasteiger partial charge in [0.2, 0.25) is 11.1 Å². The van der Waals surface area contributed by atoms with Crippen LogP contribution in [0.15, 0.2) is 53.7 Å². The Morgan fingerprint density at radius 3 is 2.62 bits per heavy atom. The molecule has 0 aliphatic carbocycles. The highest BCUT2D eigenvalue weighted by molar-refractivity contribution is 8.00. The van der Waals surface area contributed by atoms with Crippen molar-refractivity contribution in [2.75, 3.05) is 0 Å². The minimum absolute atomic E-state index is 0.00626. The summed E-state index contributed by atoms with van der Waals surface area (Å²) < 4.78 is 1.71. The molecule has 1 N–H and O–H groups in total. The number of rotatable bonds is 8. The van der Waals surface area contributed by atoms with Crippen LogP contribution in [0.1, 0.15) is 49.4 Å². The van der Waals surface area contributed by atoms with Crippen molar-refractivity contribution < 1.29 is 4.79 Å². The summed E-state index contributed by atoms with van der Waals surface area (Å²) >= 11 is 1.36. The van der Waals surface area contributed by atoms with E-state index in [1.54, 1.807) is 4.68 Å². The van der Waals surface area contributed by atoms with E-state index >= 15 is 0 Å². The quantitative estimate of drug-likeness (QED) is 0.558. The maximum atomic E-state index is 12.9. The van der Waals surface area contributed by atoms with Crippen LogP contribution in [-0.2, 0) is 4.79 Å². The van der Waals surface area contributed by atoms with Crippen molar-refractivity contribution in [2.45, 2.75) is 57.0 Å². The zero-order valence-electron chi connectivity index (χ0n) is 17.3. The first-order chi connectivity index (χ1) is 14.0. The second-order valence-electron chi connectivity index (χ2n) is 7.11. The topological polar surface area (TPSA) is 72.7 Å². The van der Waals surface area contributed by atoms with E-state index in [0.29, 0.717) is 5.16 Å². The number of carbonyl (C=O) groups is 1. The lowest BCUT2D eigenvalue weighted by Crippen LogP contribution is -2.34. The van der Waals surface area contributed by atoms with Gasteiger partial charge >= 0.3 is 0 Å². The van der Waals surface area contributed by atoms with Gasteiger partial charge < -0.3 is 5.32 Å². The summed E-state index contributed by atoms with van der Waals surface area (Å²) in [5.41, 5.74) is 4.34. The molecule has 0 spiro atoms. The molecule has 3 rings (SSSR count). The van der Waals surface area contributed by atoms with Crippen LogP contribution in [0.5, 0.6) is 0 Å². The molecule has 0 unspecified atom stereocenters. The molecule has 3 aromatic rings. The highest BCUT2D eigenvalue weighted by atomic mass is 32.2. The van der Waals surface area contributed by atoms with Gasteiger partial charge in [-0.25, -0.2) is 0 Å². The standard InChI is InChI=1S/C22H27N5OS/c1-5-10-19(18-12-7-6-8-13-18)23-21(28)17(4)29-22-24-25-26-27(22)20-14-9-11-15(2)16(20)3/h6-9,11-14,17,19H,5,10H2,1-4H3,(H,23,28)/t17-,19-/m1/s1. The van der Waals surface area contributed by atoms with Crippen LogP contribution in [-0.4, -0.2) is 31.4 Å². The molecule has 0 aliphatic rings. The fourth-order valence-electron chi connectivity index (χ4n) is 3.17. The van der Waals surface area contributed by atoms with Crippen LogP contribution in [0.2, 0.25) is 0 Å². The Morgan fingerprint density at radius 2 is 1.90 bits per heavy atom. The Labute approximate surface area is 176 Å². The fourth-order valence-corrected chi connectivity index (χ4v) is 3.98. The van der Waals surface area contributed by atoms with Gasteiger partial charge in [0.25, 0.3) is 0 Å². The molecule has 0 aliphatic heterocycles. The molecule has 0 radical (unpaired) electrons. The predicted molar refractivity (Wildman–Crippen MR) is 116 cm³/mol. The van der Waals surface area contributed by atoms with E-state index in [2.05, 4.69) is 52.9 Å². The Bertz CT molecular complexity index is 957. The summed E-state index contributed by atoms with van der Waals surface area (Å²) in [5, 5.41) is 15.6. The molecular formula is C22H27N5OS. The van der Waals surface area contributed by atoms with E-state index < -0.39 is 0 Å². The SMILES string of the molecule is CCC[C@@H](NC(=O)[C@@H](C)Sc1nnnn1-c1cccc(C)c1C)c1ccccc1. The van der Waals surface area contributed by atoms with Crippen molar-refractivity contribution >= 4 is 17.7 Å². The van der Waals surface area contributed by atoms with Gasteiger partial charge in [-0.1, -0.05) is 67.6 Å². The normalized spacial score (nSPS) is 13.1. The number of hydrogen-bond donors (Lipinski definition) is 1. The largest absolute Gasteiger partial charge is 0.348 e. The number of carbonyl (C=O) groups excluding carboxylic acids is 1. The molecule has 0 saturated carbocycles. The Hall–Kier alpha value is -2.67. The molecular weight excluding hydrogens is 382 g/mol. The Balaban J connectivity index is 1.74. The van der Waals surface area contributed by atoms with Crippen molar-refractivity contribution in [3.05, 3.63) is 65.2 Å². The van der Waals surface area contributed by atoms with E-state index in [1.807, 2.05) is 44.2 Å². The van der Waals surface area contributed by atoms with Gasteiger partial charge in [-0.15, -0.1) is 5.10 Å². The van der Waals surface area contributed by atoms with Gasteiger partial charge in [0, 0.05) is 0 Å². The van der Waals surface area contributed by atoms with E-state index in [-0.39, 0.29) is 17.2 Å². The average Bonchev–Trinajstić information content (AvgIpc) is 3.18. The van der Waals surface area contributed by atoms with Crippen LogP contribution in [0.4, 0.5) is 0 Å². The molecule has 0 bridgehead atoms. The van der Waals surface area contributed by atoms with E-state index in [1.165, 1.54) is 17.3 Å². The molecule has 0 fully saturated rings. The number of aromatic nitrogens is 4. The molecule has 152 valence electrons. The number of hydrogen-bond acceptors (Lipinski definition) is 5. The molecule has 29 heavy (non-hydrogen) atoms. The summed E-state index contributed by atoms with van der Waals surface area (Å²) in [6.45, 7) is 8.12. The fraction of sp³-hybridized carbons (Fsp3) is 0.364. The van der Waals surface area contributed by atoms with E-state index in [0.717, 1.165) is 29.7 Å². The van der Waals surface area contributed by atoms with Crippen LogP contribution >= 0.6 is 11.8 Å². The maximum Gasteiger partial charge on any atom is 0.233 e. The van der Waals surface area contributed by atoms with Crippen molar-refractivity contribution in [3.63, 3.8) is 0 Å². The first-order valence-corrected chi connectivity index (χ1v) is 10.8. The first kappa shape index (κ1) is 21.0. The highest BCUT2D eigenvalue weighted by Gasteiger charge is 2.22. The highest BCUT2D eigenvalue weighted by Crippen LogP contribution is 2.26. The molecule has 2 aromatic carbocycles. The van der Waals surface area contributed by atoms with E-state index in [4.69, 9.17) is 0 Å². The van der Waals surface area contributed by atoms with Crippen molar-refractivity contribution in [1.82, 2.24) is 25.5 Å². The zero-order chi connectivity index (χ0) is 20.8. The van der Waals surface area contributed by atoms with Crippen LogP contribution in [0.25, 0.3) is 5.69 Å². The molecule has 2 atom stereocenters. The predicted octanol–water partition coefficient (Wildman–Crippen LogP) is 4.42. The third-order valence-corrected chi connectivity index (χ3v) is 6.03. The smallest absolute Gasteiger partial charge is 0.233 e. The molecule has 0 saturated heterocycles. The second kappa shape index (κ2) is 9.69. The number of nitrogens with one attached hydrogen (secondary N) is 1. The minimum atomic E-state index is -0.326. The number of nitrogens with zero attached hydrogens (tertiary/aromatic N) is 4. The number of aryl methyl sites for hydroxylation is 1. The summed E-state index contributed by atoms with van der Waals surface area (Å²) in [7, 11) is 0. The van der Waals surface area contributed by atoms with Gasteiger partial charge in [0.05, 0.1) is 17.0 Å². The summed E-state index contributed by atoms with van der Waals surface area (Å²) in [6.07, 6.45) is 1.89. The van der Waals surface area contributed by atoms with Gasteiger partial charge in [-0.3, -0.25) is 4.79 Å². The molecule has 6 nitrogen and oxygen atoms in total. The minimum Gasteiger partial charge on any atom is -0.348 e. The average molecular weight is 410 g/mol. The van der Waals surface area contributed by atoms with Gasteiger partial charge in [-0.05, 0) is 60.4 Å². The number of amides is 1. The van der Waals surface area contributed by atoms with Crippen molar-refractivity contribution in [1.29, 1.82) is 0 Å². The first-order valence-electron chi connectivity index (χ1n) is 9.88. The zero-order valence-corrected chi connectivity index (χ0v) is 18.1. The monoisotopic (exact) mass is 409 g/mol. The number of thioether (sulfide) groups is 1.